The predicted molar refractivity (Wildman–Crippen MR) is 91.2 cm³/mol. The molecule has 1 unspecified atom stereocenters. The average molecular weight is 358 g/mol. The molecule has 0 radical (unpaired) electrons. The van der Waals surface area contributed by atoms with E-state index in [1.54, 1.807) is 0 Å². The first-order chi connectivity index (χ1) is 9.58. The van der Waals surface area contributed by atoms with Gasteiger partial charge in [-0.3, -0.25) is 9.69 Å². The molecule has 0 aliphatic carbocycles. The first-order valence-electron chi connectivity index (χ1n) is 7.50. The molecule has 8 heteroatoms. The zero-order valence-electron chi connectivity index (χ0n) is 13.4. The molecule has 2 N–H and O–H groups in total. The second-order valence-corrected chi connectivity index (χ2v) is 6.09. The van der Waals surface area contributed by atoms with Crippen LogP contribution >= 0.6 is 24.8 Å². The lowest BCUT2D eigenvalue weighted by Crippen LogP contribution is -2.55. The highest BCUT2D eigenvalue weighted by atomic mass is 35.5. The molecule has 6 nitrogen and oxygen atoms in total. The van der Waals surface area contributed by atoms with Gasteiger partial charge in [0.05, 0.1) is 32.3 Å². The van der Waals surface area contributed by atoms with E-state index in [4.69, 9.17) is 9.47 Å². The summed E-state index contributed by atoms with van der Waals surface area (Å²) in [6.07, 6.45) is 0.446. The maximum atomic E-state index is 12.0. The van der Waals surface area contributed by atoms with Crippen molar-refractivity contribution < 1.29 is 14.3 Å². The van der Waals surface area contributed by atoms with E-state index in [2.05, 4.69) is 29.4 Å². The van der Waals surface area contributed by atoms with Crippen molar-refractivity contribution in [3.8, 4) is 0 Å². The van der Waals surface area contributed by atoms with Gasteiger partial charge in [0.25, 0.3) is 0 Å². The van der Waals surface area contributed by atoms with E-state index in [0.717, 1.165) is 39.4 Å². The lowest BCUT2D eigenvalue weighted by atomic mass is 10.0. The lowest BCUT2D eigenvalue weighted by Gasteiger charge is -2.41. The van der Waals surface area contributed by atoms with Gasteiger partial charge >= 0.3 is 0 Å². The zero-order valence-corrected chi connectivity index (χ0v) is 15.1. The number of nitrogens with one attached hydrogen (secondary N) is 2. The molecule has 132 valence electrons. The molecule has 2 heterocycles. The molecule has 0 aromatic heterocycles. The number of hydrogen-bond donors (Lipinski definition) is 2. The van der Waals surface area contributed by atoms with Crippen LogP contribution in [0.3, 0.4) is 0 Å². The monoisotopic (exact) mass is 357 g/mol. The summed E-state index contributed by atoms with van der Waals surface area (Å²) in [6, 6.07) is 0. The standard InChI is InChI=1S/C14H27N3O3.2ClH/c1-14(2,17-4-7-19-8-5-17)11-16-13(18)9-12-10-15-3-6-20-12;;/h12,15H,3-11H2,1-2H3,(H,16,18);2*1H. The first-order valence-corrected chi connectivity index (χ1v) is 7.50. The fraction of sp³-hybridized carbons (Fsp3) is 0.929. The van der Waals surface area contributed by atoms with E-state index in [0.29, 0.717) is 19.6 Å². The Bertz CT molecular complexity index is 320. The van der Waals surface area contributed by atoms with Gasteiger partial charge in [-0.05, 0) is 13.8 Å². The first kappa shape index (κ1) is 21.9. The second-order valence-electron chi connectivity index (χ2n) is 6.09. The van der Waals surface area contributed by atoms with Gasteiger partial charge in [-0.2, -0.15) is 0 Å². The van der Waals surface area contributed by atoms with Crippen LogP contribution in [0.4, 0.5) is 0 Å². The lowest BCUT2D eigenvalue weighted by molar-refractivity contribution is -0.125. The van der Waals surface area contributed by atoms with Crippen molar-refractivity contribution in [3.05, 3.63) is 0 Å². The SMILES string of the molecule is CC(C)(CNC(=O)CC1CNCCO1)N1CCOCC1.Cl.Cl. The van der Waals surface area contributed by atoms with Gasteiger partial charge in [0.2, 0.25) is 5.91 Å². The van der Waals surface area contributed by atoms with Crippen molar-refractivity contribution in [3.63, 3.8) is 0 Å². The van der Waals surface area contributed by atoms with Gasteiger partial charge in [-0.1, -0.05) is 0 Å². The Balaban J connectivity index is 0.00000220. The molecule has 1 atom stereocenters. The summed E-state index contributed by atoms with van der Waals surface area (Å²) in [6.45, 7) is 10.7. The van der Waals surface area contributed by atoms with E-state index in [9.17, 15) is 4.79 Å². The van der Waals surface area contributed by atoms with Crippen LogP contribution < -0.4 is 10.6 Å². The number of carbonyl (C=O) groups excluding carboxylic acids is 1. The fourth-order valence-electron chi connectivity index (χ4n) is 2.63. The van der Waals surface area contributed by atoms with Crippen molar-refractivity contribution in [2.75, 3.05) is 52.5 Å². The Hall–Kier alpha value is -0.110. The molecule has 2 rings (SSSR count). The molecule has 1 amide bonds. The molecule has 2 aliphatic rings. The minimum Gasteiger partial charge on any atom is -0.379 e. The maximum absolute atomic E-state index is 12.0. The number of nitrogens with zero attached hydrogens (tertiary/aromatic N) is 1. The van der Waals surface area contributed by atoms with E-state index in [1.165, 1.54) is 0 Å². The Labute approximate surface area is 145 Å². The average Bonchev–Trinajstić information content (AvgIpc) is 2.47. The Kier molecular flexibility index (Phi) is 10.6. The number of carbonyl (C=O) groups is 1. The summed E-state index contributed by atoms with van der Waals surface area (Å²) < 4.78 is 10.9. The van der Waals surface area contributed by atoms with E-state index in [-0.39, 0.29) is 42.4 Å². The van der Waals surface area contributed by atoms with Crippen LogP contribution in [0.15, 0.2) is 0 Å². The summed E-state index contributed by atoms with van der Waals surface area (Å²) in [4.78, 5) is 14.3. The topological polar surface area (TPSA) is 62.8 Å². The van der Waals surface area contributed by atoms with Gasteiger partial charge in [0.15, 0.2) is 0 Å². The Morgan fingerprint density at radius 2 is 1.95 bits per heavy atom. The molecule has 0 bridgehead atoms. The number of ether oxygens (including phenoxy) is 2. The number of hydrogen-bond acceptors (Lipinski definition) is 5. The van der Waals surface area contributed by atoms with Crippen molar-refractivity contribution >= 4 is 30.7 Å². The highest BCUT2D eigenvalue weighted by molar-refractivity contribution is 5.85. The highest BCUT2D eigenvalue weighted by Crippen LogP contribution is 2.15. The van der Waals surface area contributed by atoms with Crippen molar-refractivity contribution in [2.45, 2.75) is 31.9 Å². The number of halogens is 2. The fourth-order valence-corrected chi connectivity index (χ4v) is 2.63. The third kappa shape index (κ3) is 6.98. The molecule has 2 aliphatic heterocycles. The molecule has 2 saturated heterocycles. The van der Waals surface area contributed by atoms with Crippen LogP contribution in [0.1, 0.15) is 20.3 Å². The summed E-state index contributed by atoms with van der Waals surface area (Å²) in [5.41, 5.74) is -0.0366. The van der Waals surface area contributed by atoms with Crippen LogP contribution in [0, 0.1) is 0 Å². The van der Waals surface area contributed by atoms with Crippen LogP contribution in [0.5, 0.6) is 0 Å². The summed E-state index contributed by atoms with van der Waals surface area (Å²) >= 11 is 0. The van der Waals surface area contributed by atoms with Gasteiger partial charge in [-0.15, -0.1) is 24.8 Å². The Morgan fingerprint density at radius 1 is 1.27 bits per heavy atom. The zero-order chi connectivity index (χ0) is 14.4. The summed E-state index contributed by atoms with van der Waals surface area (Å²) in [5.74, 6) is 0.0695. The molecule has 2 fully saturated rings. The normalized spacial score (nSPS) is 23.1. The number of morpholine rings is 2. The number of rotatable bonds is 5. The van der Waals surface area contributed by atoms with E-state index < -0.39 is 0 Å². The molecule has 0 aromatic rings. The van der Waals surface area contributed by atoms with Crippen molar-refractivity contribution in [1.29, 1.82) is 0 Å². The predicted octanol–water partition coefficient (Wildman–Crippen LogP) is 0.436. The molecule has 0 aromatic carbocycles. The molecule has 22 heavy (non-hydrogen) atoms. The smallest absolute Gasteiger partial charge is 0.222 e. The number of amides is 1. The minimum atomic E-state index is -0.0366. The van der Waals surface area contributed by atoms with Gasteiger partial charge < -0.3 is 20.1 Å². The highest BCUT2D eigenvalue weighted by Gasteiger charge is 2.29. The maximum Gasteiger partial charge on any atom is 0.222 e. The van der Waals surface area contributed by atoms with Crippen molar-refractivity contribution in [2.24, 2.45) is 0 Å². The van der Waals surface area contributed by atoms with Crippen LogP contribution in [0.25, 0.3) is 0 Å². The van der Waals surface area contributed by atoms with E-state index in [1.807, 2.05) is 0 Å². The quantitative estimate of drug-likeness (QED) is 0.747. The van der Waals surface area contributed by atoms with Crippen LogP contribution in [-0.4, -0.2) is 75.0 Å². The Morgan fingerprint density at radius 3 is 2.55 bits per heavy atom. The molecular formula is C14H29Cl2N3O3. The van der Waals surface area contributed by atoms with Crippen LogP contribution in [-0.2, 0) is 14.3 Å². The van der Waals surface area contributed by atoms with E-state index >= 15 is 0 Å². The molecular weight excluding hydrogens is 329 g/mol. The molecule has 0 spiro atoms. The van der Waals surface area contributed by atoms with Crippen molar-refractivity contribution in [1.82, 2.24) is 15.5 Å². The third-order valence-electron chi connectivity index (χ3n) is 4.00. The van der Waals surface area contributed by atoms with Crippen LogP contribution in [0.2, 0.25) is 0 Å². The largest absolute Gasteiger partial charge is 0.379 e. The summed E-state index contributed by atoms with van der Waals surface area (Å²) in [7, 11) is 0. The minimum absolute atomic E-state index is 0. The molecule has 0 saturated carbocycles. The van der Waals surface area contributed by atoms with Gasteiger partial charge in [-0.25, -0.2) is 0 Å². The third-order valence-corrected chi connectivity index (χ3v) is 4.00. The second kappa shape index (κ2) is 10.6. The summed E-state index contributed by atoms with van der Waals surface area (Å²) in [5, 5.41) is 6.28. The van der Waals surface area contributed by atoms with Gasteiger partial charge in [0.1, 0.15) is 0 Å². The van der Waals surface area contributed by atoms with Gasteiger partial charge in [0, 0.05) is 38.3 Å².